The van der Waals surface area contributed by atoms with Crippen LogP contribution in [0.5, 0.6) is 0 Å². The van der Waals surface area contributed by atoms with Crippen LogP contribution in [0, 0.1) is 5.92 Å². The minimum atomic E-state index is -0.610. The molecule has 1 atom stereocenters. The van der Waals surface area contributed by atoms with Crippen LogP contribution in [0.2, 0.25) is 0 Å². The summed E-state index contributed by atoms with van der Waals surface area (Å²) in [5.74, 6) is -0.256. The van der Waals surface area contributed by atoms with E-state index in [1.165, 1.54) is 11.3 Å². The number of esters is 1. The highest BCUT2D eigenvalue weighted by Crippen LogP contribution is 2.11. The van der Waals surface area contributed by atoms with E-state index in [1.54, 1.807) is 0 Å². The number of nitrogens with one attached hydrogen (secondary N) is 1. The van der Waals surface area contributed by atoms with Crippen molar-refractivity contribution in [2.75, 3.05) is 0 Å². The molecule has 0 saturated carbocycles. The Bertz CT molecular complexity index is 638. The lowest BCUT2D eigenvalue weighted by Gasteiger charge is -2.19. The van der Waals surface area contributed by atoms with Gasteiger partial charge < -0.3 is 10.1 Å². The maximum atomic E-state index is 12.4. The Kier molecular flexibility index (Phi) is 7.00. The molecule has 0 radical (unpaired) electrons. The lowest BCUT2D eigenvalue weighted by atomic mass is 10.0. The molecule has 128 valence electrons. The van der Waals surface area contributed by atoms with Crippen molar-refractivity contribution in [2.24, 2.45) is 5.92 Å². The molecule has 0 aliphatic heterocycles. The van der Waals surface area contributed by atoms with E-state index in [4.69, 9.17) is 4.74 Å². The second-order valence-corrected chi connectivity index (χ2v) is 7.13. The first-order valence-electron chi connectivity index (χ1n) is 8.07. The topological polar surface area (TPSA) is 55.4 Å². The molecule has 0 saturated heterocycles. The van der Waals surface area contributed by atoms with Gasteiger partial charge in [0, 0.05) is 4.88 Å². The first kappa shape index (κ1) is 18.2. The van der Waals surface area contributed by atoms with Gasteiger partial charge in [0.15, 0.2) is 0 Å². The van der Waals surface area contributed by atoms with E-state index < -0.39 is 6.04 Å². The minimum Gasteiger partial charge on any atom is -0.459 e. The van der Waals surface area contributed by atoms with Crippen molar-refractivity contribution in [1.82, 2.24) is 5.32 Å². The summed E-state index contributed by atoms with van der Waals surface area (Å²) in [6.07, 6.45) is 0.849. The van der Waals surface area contributed by atoms with Crippen LogP contribution in [-0.2, 0) is 27.4 Å². The summed E-state index contributed by atoms with van der Waals surface area (Å²) in [7, 11) is 0. The molecule has 0 fully saturated rings. The monoisotopic (exact) mass is 345 g/mol. The average Bonchev–Trinajstić information content (AvgIpc) is 3.05. The maximum Gasteiger partial charge on any atom is 0.328 e. The smallest absolute Gasteiger partial charge is 0.328 e. The summed E-state index contributed by atoms with van der Waals surface area (Å²) in [6, 6.07) is 12.7. The van der Waals surface area contributed by atoms with E-state index in [0.29, 0.717) is 6.42 Å². The minimum absolute atomic E-state index is 0.153. The van der Waals surface area contributed by atoms with Crippen LogP contribution in [0.15, 0.2) is 47.8 Å². The fourth-order valence-electron chi connectivity index (χ4n) is 2.33. The number of thiophene rings is 1. The van der Waals surface area contributed by atoms with E-state index in [2.05, 4.69) is 5.32 Å². The summed E-state index contributed by atoms with van der Waals surface area (Å²) < 4.78 is 5.38. The highest BCUT2D eigenvalue weighted by molar-refractivity contribution is 7.10. The van der Waals surface area contributed by atoms with Gasteiger partial charge in [-0.2, -0.15) is 0 Å². The van der Waals surface area contributed by atoms with Gasteiger partial charge in [-0.15, -0.1) is 11.3 Å². The number of ether oxygens (including phenoxy) is 1. The third kappa shape index (κ3) is 6.16. The summed E-state index contributed by atoms with van der Waals surface area (Å²) in [5, 5.41) is 4.75. The van der Waals surface area contributed by atoms with Crippen molar-refractivity contribution in [3.8, 4) is 0 Å². The summed E-state index contributed by atoms with van der Waals surface area (Å²) in [5.41, 5.74) is 0.930. The van der Waals surface area contributed by atoms with Crippen LogP contribution < -0.4 is 5.32 Å². The third-order valence-electron chi connectivity index (χ3n) is 3.47. The number of carbonyl (C=O) groups excluding carboxylic acids is 2. The largest absolute Gasteiger partial charge is 0.459 e. The van der Waals surface area contributed by atoms with Gasteiger partial charge in [0.1, 0.15) is 12.6 Å². The molecule has 1 aromatic carbocycles. The zero-order chi connectivity index (χ0) is 17.4. The summed E-state index contributed by atoms with van der Waals surface area (Å²) in [4.78, 5) is 25.5. The number of rotatable bonds is 8. The molecule has 0 spiro atoms. The maximum absolute atomic E-state index is 12.4. The van der Waals surface area contributed by atoms with Gasteiger partial charge in [-0.1, -0.05) is 50.2 Å². The molecule has 4 nitrogen and oxygen atoms in total. The van der Waals surface area contributed by atoms with E-state index in [0.717, 1.165) is 10.4 Å². The predicted octanol–water partition coefficient (Wildman–Crippen LogP) is 3.56. The highest BCUT2D eigenvalue weighted by atomic mass is 32.1. The molecule has 1 N–H and O–H groups in total. The average molecular weight is 345 g/mol. The van der Waals surface area contributed by atoms with Crippen LogP contribution in [0.25, 0.3) is 0 Å². The zero-order valence-corrected chi connectivity index (χ0v) is 14.8. The molecule has 2 aromatic rings. The molecular formula is C19H23NO3S. The SMILES string of the molecule is CC(C)C[C@H](NC(=O)Cc1cccs1)C(=O)OCc1ccccc1. The van der Waals surface area contributed by atoms with Gasteiger partial charge >= 0.3 is 5.97 Å². The van der Waals surface area contributed by atoms with Gasteiger partial charge in [-0.05, 0) is 29.3 Å². The molecule has 5 heteroatoms. The van der Waals surface area contributed by atoms with Crippen molar-refractivity contribution < 1.29 is 14.3 Å². The Hall–Kier alpha value is -2.14. The van der Waals surface area contributed by atoms with Gasteiger partial charge in [0.25, 0.3) is 0 Å². The van der Waals surface area contributed by atoms with Crippen molar-refractivity contribution in [3.05, 3.63) is 58.3 Å². The lowest BCUT2D eigenvalue weighted by Crippen LogP contribution is -2.43. The normalized spacial score (nSPS) is 12.0. The second-order valence-electron chi connectivity index (χ2n) is 6.10. The van der Waals surface area contributed by atoms with Crippen LogP contribution >= 0.6 is 11.3 Å². The Morgan fingerprint density at radius 1 is 1.12 bits per heavy atom. The number of hydrogen-bond acceptors (Lipinski definition) is 4. The molecule has 24 heavy (non-hydrogen) atoms. The Balaban J connectivity index is 1.90. The van der Waals surface area contributed by atoms with E-state index in [9.17, 15) is 9.59 Å². The molecule has 0 aliphatic rings. The van der Waals surface area contributed by atoms with Crippen LogP contribution in [0.4, 0.5) is 0 Å². The van der Waals surface area contributed by atoms with E-state index in [-0.39, 0.29) is 30.8 Å². The molecule has 1 aromatic heterocycles. The summed E-state index contributed by atoms with van der Waals surface area (Å²) in [6.45, 7) is 4.25. The molecular weight excluding hydrogens is 322 g/mol. The summed E-state index contributed by atoms with van der Waals surface area (Å²) >= 11 is 1.53. The van der Waals surface area contributed by atoms with Crippen molar-refractivity contribution in [3.63, 3.8) is 0 Å². The van der Waals surface area contributed by atoms with Crippen LogP contribution in [-0.4, -0.2) is 17.9 Å². The van der Waals surface area contributed by atoms with E-state index in [1.807, 2.05) is 61.7 Å². The van der Waals surface area contributed by atoms with Crippen LogP contribution in [0.1, 0.15) is 30.7 Å². The Morgan fingerprint density at radius 2 is 1.88 bits per heavy atom. The quantitative estimate of drug-likeness (QED) is 0.744. The van der Waals surface area contributed by atoms with Crippen molar-refractivity contribution in [1.29, 1.82) is 0 Å². The number of carbonyl (C=O) groups is 2. The first-order chi connectivity index (χ1) is 11.5. The second kappa shape index (κ2) is 9.23. The van der Waals surface area contributed by atoms with E-state index >= 15 is 0 Å². The molecule has 2 rings (SSSR count). The fraction of sp³-hybridized carbons (Fsp3) is 0.368. The lowest BCUT2D eigenvalue weighted by molar-refractivity contribution is -0.149. The van der Waals surface area contributed by atoms with Crippen molar-refractivity contribution in [2.45, 2.75) is 39.3 Å². The van der Waals surface area contributed by atoms with Gasteiger partial charge in [0.05, 0.1) is 6.42 Å². The standard InChI is InChI=1S/C19H23NO3S/c1-14(2)11-17(20-18(21)12-16-9-6-10-24-16)19(22)23-13-15-7-4-3-5-8-15/h3-10,14,17H,11-13H2,1-2H3,(H,20,21)/t17-/m0/s1. The Labute approximate surface area is 146 Å². The van der Waals surface area contributed by atoms with Gasteiger partial charge in [-0.3, -0.25) is 4.79 Å². The molecule has 0 aliphatic carbocycles. The fourth-order valence-corrected chi connectivity index (χ4v) is 3.04. The van der Waals surface area contributed by atoms with Gasteiger partial charge in [0.2, 0.25) is 5.91 Å². The highest BCUT2D eigenvalue weighted by Gasteiger charge is 2.23. The van der Waals surface area contributed by atoms with Crippen molar-refractivity contribution >= 4 is 23.2 Å². The first-order valence-corrected chi connectivity index (χ1v) is 8.95. The molecule has 0 unspecified atom stereocenters. The third-order valence-corrected chi connectivity index (χ3v) is 4.34. The number of amides is 1. The number of benzene rings is 1. The molecule has 0 bridgehead atoms. The zero-order valence-electron chi connectivity index (χ0n) is 14.0. The number of hydrogen-bond donors (Lipinski definition) is 1. The van der Waals surface area contributed by atoms with Crippen LogP contribution in [0.3, 0.4) is 0 Å². The Morgan fingerprint density at radius 3 is 2.50 bits per heavy atom. The molecule has 1 heterocycles. The predicted molar refractivity (Wildman–Crippen MR) is 95.6 cm³/mol. The van der Waals surface area contributed by atoms with Gasteiger partial charge in [-0.25, -0.2) is 4.79 Å². The molecule has 1 amide bonds.